The second-order valence-electron chi connectivity index (χ2n) is 5.34. The number of fused-ring (bicyclic) bond motifs is 1. The Labute approximate surface area is 97.2 Å². The normalized spacial score (nSPS) is 46.2. The minimum Gasteiger partial charge on any atom is -0.300 e. The van der Waals surface area contributed by atoms with E-state index >= 15 is 0 Å². The Morgan fingerprint density at radius 2 is 2.40 bits per heavy atom. The Morgan fingerprint density at radius 1 is 1.47 bits per heavy atom. The lowest BCUT2D eigenvalue weighted by atomic mass is 9.96. The van der Waals surface area contributed by atoms with E-state index in [1.165, 1.54) is 50.9 Å². The summed E-state index contributed by atoms with van der Waals surface area (Å²) in [6.07, 6.45) is 6.94. The molecule has 3 rings (SSSR count). The van der Waals surface area contributed by atoms with Gasteiger partial charge in [0.1, 0.15) is 0 Å². The standard InChI is InChI=1S/C12H22N2S/c1-2-10-9-15-12(13-10)5-7-14-6-3-4-11(14)8-12/h10-11,13H,2-9H2,1H3. The molecular weight excluding hydrogens is 204 g/mol. The highest BCUT2D eigenvalue weighted by molar-refractivity contribution is 8.00. The topological polar surface area (TPSA) is 15.3 Å². The van der Waals surface area contributed by atoms with E-state index in [1.807, 2.05) is 0 Å². The van der Waals surface area contributed by atoms with Gasteiger partial charge in [0.05, 0.1) is 4.87 Å². The van der Waals surface area contributed by atoms with Crippen LogP contribution in [0.25, 0.3) is 0 Å². The molecule has 0 bridgehead atoms. The highest BCUT2D eigenvalue weighted by Crippen LogP contribution is 2.43. The van der Waals surface area contributed by atoms with E-state index in [1.54, 1.807) is 0 Å². The Kier molecular flexibility index (Phi) is 2.74. The van der Waals surface area contributed by atoms with E-state index in [2.05, 4.69) is 28.9 Å². The first kappa shape index (κ1) is 10.4. The van der Waals surface area contributed by atoms with Crippen molar-refractivity contribution in [3.05, 3.63) is 0 Å². The Balaban J connectivity index is 1.68. The lowest BCUT2D eigenvalue weighted by Crippen LogP contribution is -2.52. The molecule has 3 heterocycles. The third-order valence-electron chi connectivity index (χ3n) is 4.39. The molecule has 0 amide bonds. The molecule has 0 saturated carbocycles. The zero-order chi connectivity index (χ0) is 10.3. The van der Waals surface area contributed by atoms with E-state index in [4.69, 9.17) is 0 Å². The van der Waals surface area contributed by atoms with Gasteiger partial charge in [0.15, 0.2) is 0 Å². The molecule has 86 valence electrons. The summed E-state index contributed by atoms with van der Waals surface area (Å²) in [5.74, 6) is 1.34. The molecule has 3 fully saturated rings. The molecule has 0 aromatic carbocycles. The average Bonchev–Trinajstić information content (AvgIpc) is 2.85. The number of nitrogens with zero attached hydrogens (tertiary/aromatic N) is 1. The molecule has 3 saturated heterocycles. The molecule has 0 aromatic rings. The maximum absolute atomic E-state index is 3.90. The first-order valence-corrected chi connectivity index (χ1v) is 7.45. The zero-order valence-electron chi connectivity index (χ0n) is 9.67. The maximum atomic E-state index is 3.90. The summed E-state index contributed by atoms with van der Waals surface area (Å²) in [7, 11) is 0. The number of hydrogen-bond donors (Lipinski definition) is 1. The van der Waals surface area contributed by atoms with Crippen LogP contribution in [0.5, 0.6) is 0 Å². The third kappa shape index (κ3) is 1.83. The molecule has 1 N–H and O–H groups in total. The van der Waals surface area contributed by atoms with Crippen LogP contribution < -0.4 is 5.32 Å². The quantitative estimate of drug-likeness (QED) is 0.737. The summed E-state index contributed by atoms with van der Waals surface area (Å²) in [6.45, 7) is 5.01. The van der Waals surface area contributed by atoms with Crippen molar-refractivity contribution >= 4 is 11.8 Å². The van der Waals surface area contributed by atoms with E-state index in [9.17, 15) is 0 Å². The van der Waals surface area contributed by atoms with Gasteiger partial charge in [-0.2, -0.15) is 0 Å². The van der Waals surface area contributed by atoms with Crippen LogP contribution in [0.4, 0.5) is 0 Å². The van der Waals surface area contributed by atoms with Crippen molar-refractivity contribution in [1.29, 1.82) is 0 Å². The lowest BCUT2D eigenvalue weighted by molar-refractivity contribution is 0.152. The lowest BCUT2D eigenvalue weighted by Gasteiger charge is -2.41. The van der Waals surface area contributed by atoms with Crippen LogP contribution in [0.1, 0.15) is 39.0 Å². The zero-order valence-corrected chi connectivity index (χ0v) is 10.5. The smallest absolute Gasteiger partial charge is 0.0675 e. The Morgan fingerprint density at radius 3 is 3.20 bits per heavy atom. The molecule has 1 spiro atoms. The van der Waals surface area contributed by atoms with Crippen molar-refractivity contribution in [3.63, 3.8) is 0 Å². The van der Waals surface area contributed by atoms with Gasteiger partial charge in [-0.15, -0.1) is 11.8 Å². The molecule has 0 radical (unpaired) electrons. The monoisotopic (exact) mass is 226 g/mol. The van der Waals surface area contributed by atoms with Crippen LogP contribution in [0.15, 0.2) is 0 Å². The largest absolute Gasteiger partial charge is 0.300 e. The summed E-state index contributed by atoms with van der Waals surface area (Å²) in [5, 5.41) is 3.90. The van der Waals surface area contributed by atoms with Gasteiger partial charge >= 0.3 is 0 Å². The Bertz CT molecular complexity index is 246. The number of thioether (sulfide) groups is 1. The highest BCUT2D eigenvalue weighted by atomic mass is 32.2. The number of hydrogen-bond acceptors (Lipinski definition) is 3. The molecular formula is C12H22N2S. The highest BCUT2D eigenvalue weighted by Gasteiger charge is 2.45. The van der Waals surface area contributed by atoms with Gasteiger partial charge in [0.25, 0.3) is 0 Å². The van der Waals surface area contributed by atoms with E-state index in [-0.39, 0.29) is 0 Å². The van der Waals surface area contributed by atoms with Crippen molar-refractivity contribution in [3.8, 4) is 0 Å². The van der Waals surface area contributed by atoms with Crippen molar-refractivity contribution in [2.24, 2.45) is 0 Å². The fraction of sp³-hybridized carbons (Fsp3) is 1.00. The fourth-order valence-electron chi connectivity index (χ4n) is 3.43. The molecule has 3 heteroatoms. The summed E-state index contributed by atoms with van der Waals surface area (Å²) < 4.78 is 0. The fourth-order valence-corrected chi connectivity index (χ4v) is 5.06. The second-order valence-corrected chi connectivity index (χ2v) is 6.74. The van der Waals surface area contributed by atoms with E-state index < -0.39 is 0 Å². The predicted molar refractivity (Wildman–Crippen MR) is 66.2 cm³/mol. The van der Waals surface area contributed by atoms with Gasteiger partial charge in [-0.1, -0.05) is 6.92 Å². The van der Waals surface area contributed by atoms with Gasteiger partial charge in [-0.25, -0.2) is 0 Å². The van der Waals surface area contributed by atoms with Crippen LogP contribution in [0.3, 0.4) is 0 Å². The number of rotatable bonds is 1. The molecule has 3 atom stereocenters. The summed E-state index contributed by atoms with van der Waals surface area (Å²) in [4.78, 5) is 3.18. The van der Waals surface area contributed by atoms with Gasteiger partial charge < -0.3 is 4.90 Å². The van der Waals surface area contributed by atoms with Crippen LogP contribution in [-0.4, -0.2) is 40.7 Å². The van der Waals surface area contributed by atoms with Gasteiger partial charge in [0, 0.05) is 24.4 Å². The average molecular weight is 226 g/mol. The van der Waals surface area contributed by atoms with E-state index in [0.29, 0.717) is 4.87 Å². The summed E-state index contributed by atoms with van der Waals surface area (Å²) in [5.41, 5.74) is 0. The molecule has 0 aliphatic carbocycles. The summed E-state index contributed by atoms with van der Waals surface area (Å²) >= 11 is 2.21. The van der Waals surface area contributed by atoms with E-state index in [0.717, 1.165) is 12.1 Å². The van der Waals surface area contributed by atoms with Crippen molar-refractivity contribution < 1.29 is 0 Å². The SMILES string of the molecule is CCC1CSC2(CCN3CCCC3C2)N1. The van der Waals surface area contributed by atoms with Gasteiger partial charge in [-0.05, 0) is 38.6 Å². The van der Waals surface area contributed by atoms with Gasteiger partial charge in [-0.3, -0.25) is 5.32 Å². The third-order valence-corrected chi connectivity index (χ3v) is 6.00. The van der Waals surface area contributed by atoms with Crippen LogP contribution in [-0.2, 0) is 0 Å². The van der Waals surface area contributed by atoms with Crippen molar-refractivity contribution in [2.75, 3.05) is 18.8 Å². The first-order valence-electron chi connectivity index (χ1n) is 6.47. The predicted octanol–water partition coefficient (Wildman–Crippen LogP) is 2.06. The Hall–Kier alpha value is 0.270. The molecule has 3 unspecified atom stereocenters. The van der Waals surface area contributed by atoms with Crippen molar-refractivity contribution in [1.82, 2.24) is 10.2 Å². The molecule has 3 aliphatic heterocycles. The summed E-state index contributed by atoms with van der Waals surface area (Å²) in [6, 6.07) is 1.68. The minimum absolute atomic E-state index is 0.464. The van der Waals surface area contributed by atoms with Crippen LogP contribution in [0.2, 0.25) is 0 Å². The maximum Gasteiger partial charge on any atom is 0.0675 e. The second kappa shape index (κ2) is 3.94. The molecule has 15 heavy (non-hydrogen) atoms. The molecule has 3 aliphatic rings. The molecule has 0 aromatic heterocycles. The number of nitrogens with one attached hydrogen (secondary N) is 1. The van der Waals surface area contributed by atoms with Crippen LogP contribution >= 0.6 is 11.8 Å². The minimum atomic E-state index is 0.464. The van der Waals surface area contributed by atoms with Gasteiger partial charge in [0.2, 0.25) is 0 Å². The van der Waals surface area contributed by atoms with Crippen LogP contribution in [0, 0.1) is 0 Å². The number of piperidine rings is 1. The first-order chi connectivity index (χ1) is 7.31. The molecule has 2 nitrogen and oxygen atoms in total. The van der Waals surface area contributed by atoms with Crippen molar-refractivity contribution in [2.45, 2.75) is 56.0 Å².